The van der Waals surface area contributed by atoms with Gasteiger partial charge in [0.25, 0.3) is 0 Å². The van der Waals surface area contributed by atoms with Crippen LogP contribution in [0.5, 0.6) is 0 Å². The molecule has 1 aliphatic carbocycles. The Labute approximate surface area is 59.2 Å². The predicted molar refractivity (Wildman–Crippen MR) is 47.2 cm³/mol. The first kappa shape index (κ1) is 5.40. The van der Waals surface area contributed by atoms with Gasteiger partial charge < -0.3 is 0 Å². The summed E-state index contributed by atoms with van der Waals surface area (Å²) in [5.74, 6) is 0. The molecule has 0 saturated carbocycles. The standard InChI is InChI=1S/C7H7PSi/c9-7-4-5-2-1-3-6(5)8-7/h1-4H,9H3. The number of rotatable bonds is 0. The average Bonchev–Trinajstić information content (AvgIpc) is 2.22. The van der Waals surface area contributed by atoms with E-state index < -0.39 is 0 Å². The van der Waals surface area contributed by atoms with Gasteiger partial charge in [-0.25, -0.2) is 0 Å². The van der Waals surface area contributed by atoms with E-state index in [1.807, 2.05) is 0 Å². The summed E-state index contributed by atoms with van der Waals surface area (Å²) in [7, 11) is 2.68. The van der Waals surface area contributed by atoms with Crippen LogP contribution in [0.15, 0.2) is 35.2 Å². The summed E-state index contributed by atoms with van der Waals surface area (Å²) in [5.41, 5.74) is 1.45. The predicted octanol–water partition coefficient (Wildman–Crippen LogP) is 0.822. The molecule has 0 radical (unpaired) electrons. The van der Waals surface area contributed by atoms with Crippen molar-refractivity contribution < 1.29 is 0 Å². The molecule has 0 unspecified atom stereocenters. The van der Waals surface area contributed by atoms with Gasteiger partial charge in [-0.3, -0.25) is 0 Å². The van der Waals surface area contributed by atoms with Gasteiger partial charge in [0.05, 0.1) is 0 Å². The topological polar surface area (TPSA) is 0 Å². The van der Waals surface area contributed by atoms with Crippen molar-refractivity contribution in [3.05, 3.63) is 35.2 Å². The minimum Gasteiger partial charge on any atom is -0.0699 e. The van der Waals surface area contributed by atoms with E-state index in [-0.39, 0.29) is 0 Å². The molecule has 0 aromatic rings. The third-order valence-electron chi connectivity index (χ3n) is 1.49. The molecule has 0 fully saturated rings. The molecule has 0 amide bonds. The fraction of sp³-hybridized carbons (Fsp3) is 0. The summed E-state index contributed by atoms with van der Waals surface area (Å²) in [4.78, 5) is 1.60. The lowest BCUT2D eigenvalue weighted by Gasteiger charge is -1.84. The molecule has 0 spiro atoms. The lowest BCUT2D eigenvalue weighted by atomic mass is 10.3. The molecule has 0 aromatic heterocycles. The lowest BCUT2D eigenvalue weighted by molar-refractivity contribution is 1.79. The van der Waals surface area contributed by atoms with Gasteiger partial charge >= 0.3 is 0 Å². The Morgan fingerprint density at radius 1 is 1.44 bits per heavy atom. The Balaban J connectivity index is 2.53. The summed E-state index contributed by atoms with van der Waals surface area (Å²) in [6.07, 6.45) is 8.83. The van der Waals surface area contributed by atoms with E-state index in [1.165, 1.54) is 29.3 Å². The van der Waals surface area contributed by atoms with Gasteiger partial charge in [0, 0.05) is 15.6 Å². The van der Waals surface area contributed by atoms with Crippen LogP contribution in [0, 0.1) is 0 Å². The molecule has 2 rings (SSSR count). The van der Waals surface area contributed by atoms with E-state index in [2.05, 4.69) is 24.3 Å². The summed E-state index contributed by atoms with van der Waals surface area (Å²) in [6, 6.07) is 0. The van der Waals surface area contributed by atoms with Crippen molar-refractivity contribution >= 4 is 23.4 Å². The molecular weight excluding hydrogens is 143 g/mol. The van der Waals surface area contributed by atoms with Gasteiger partial charge in [-0.05, 0) is 16.6 Å². The highest BCUT2D eigenvalue weighted by atomic mass is 31.1. The summed E-state index contributed by atoms with van der Waals surface area (Å²) < 4.78 is 0. The van der Waals surface area contributed by atoms with Crippen molar-refractivity contribution in [3.63, 3.8) is 0 Å². The second-order valence-corrected chi connectivity index (χ2v) is 5.59. The van der Waals surface area contributed by atoms with Crippen LogP contribution in [-0.4, -0.2) is 15.2 Å². The highest BCUT2D eigenvalue weighted by Gasteiger charge is 2.09. The normalized spacial score (nSPS) is 23.3. The first-order chi connectivity index (χ1) is 4.36. The molecular formula is C7H7PSi. The van der Waals surface area contributed by atoms with Gasteiger partial charge in [0.2, 0.25) is 0 Å². The maximum Gasteiger partial charge on any atom is 0.0444 e. The Morgan fingerprint density at radius 3 is 3.11 bits per heavy atom. The number of allylic oxidation sites excluding steroid dienone is 6. The van der Waals surface area contributed by atoms with E-state index in [1.54, 1.807) is 4.92 Å². The molecule has 44 valence electrons. The van der Waals surface area contributed by atoms with Gasteiger partial charge in [0.1, 0.15) is 0 Å². The molecule has 2 aliphatic rings. The minimum atomic E-state index is 1.22. The van der Waals surface area contributed by atoms with Crippen molar-refractivity contribution in [3.8, 4) is 0 Å². The summed E-state index contributed by atoms with van der Waals surface area (Å²) >= 11 is 0. The van der Waals surface area contributed by atoms with Gasteiger partial charge in [-0.15, -0.1) is 0 Å². The van der Waals surface area contributed by atoms with E-state index >= 15 is 0 Å². The molecule has 0 N–H and O–H groups in total. The smallest absolute Gasteiger partial charge is 0.0444 e. The Morgan fingerprint density at radius 2 is 2.33 bits per heavy atom. The molecule has 9 heavy (non-hydrogen) atoms. The zero-order chi connectivity index (χ0) is 6.27. The van der Waals surface area contributed by atoms with Crippen LogP contribution in [0.25, 0.3) is 0 Å². The maximum absolute atomic E-state index is 2.31. The first-order valence-electron chi connectivity index (χ1n) is 3.02. The average molecular weight is 150 g/mol. The van der Waals surface area contributed by atoms with E-state index in [4.69, 9.17) is 0 Å². The molecule has 0 nitrogen and oxygen atoms in total. The van der Waals surface area contributed by atoms with Crippen LogP contribution in [-0.2, 0) is 0 Å². The molecule has 0 bridgehead atoms. The van der Waals surface area contributed by atoms with Gasteiger partial charge in [-0.2, -0.15) is 0 Å². The zero-order valence-electron chi connectivity index (χ0n) is 5.26. The Bertz CT molecular complexity index is 269. The summed E-state index contributed by atoms with van der Waals surface area (Å²) in [5, 5.41) is 1.50. The quantitative estimate of drug-likeness (QED) is 0.354. The second kappa shape index (κ2) is 1.79. The second-order valence-electron chi connectivity index (χ2n) is 2.26. The zero-order valence-corrected chi connectivity index (χ0v) is 8.15. The molecule has 2 heteroatoms. The van der Waals surface area contributed by atoms with Crippen LogP contribution in [0.4, 0.5) is 0 Å². The van der Waals surface area contributed by atoms with Crippen LogP contribution < -0.4 is 0 Å². The molecule has 1 aliphatic heterocycles. The largest absolute Gasteiger partial charge is 0.0699 e. The number of hydrogen-bond donors (Lipinski definition) is 0. The molecule has 1 heterocycles. The lowest BCUT2D eigenvalue weighted by Crippen LogP contribution is -1.80. The van der Waals surface area contributed by atoms with Crippen molar-refractivity contribution in [2.24, 2.45) is 0 Å². The third kappa shape index (κ3) is 0.771. The number of hydrogen-bond acceptors (Lipinski definition) is 0. The molecule has 0 saturated heterocycles. The minimum absolute atomic E-state index is 1.22. The van der Waals surface area contributed by atoms with Crippen LogP contribution in [0.1, 0.15) is 0 Å². The highest BCUT2D eigenvalue weighted by Crippen LogP contribution is 2.34. The highest BCUT2D eigenvalue weighted by molar-refractivity contribution is 7.51. The van der Waals surface area contributed by atoms with E-state index in [9.17, 15) is 0 Å². The van der Waals surface area contributed by atoms with Crippen molar-refractivity contribution in [2.45, 2.75) is 0 Å². The first-order valence-corrected chi connectivity index (χ1v) is 4.91. The number of fused-ring (bicyclic) bond motifs is 1. The van der Waals surface area contributed by atoms with E-state index in [0.29, 0.717) is 0 Å². The Kier molecular flexibility index (Phi) is 1.08. The van der Waals surface area contributed by atoms with Crippen LogP contribution in [0.2, 0.25) is 0 Å². The van der Waals surface area contributed by atoms with Crippen LogP contribution in [0.3, 0.4) is 0 Å². The SMILES string of the molecule is [SiH3]C1=PC2=CC=CC2=C1. The van der Waals surface area contributed by atoms with Gasteiger partial charge in [0.15, 0.2) is 0 Å². The fourth-order valence-corrected chi connectivity index (χ4v) is 3.14. The Hall–Kier alpha value is -0.393. The third-order valence-corrected chi connectivity index (χ3v) is 3.58. The molecule has 0 atom stereocenters. The van der Waals surface area contributed by atoms with Gasteiger partial charge in [-0.1, -0.05) is 26.4 Å². The fourth-order valence-electron chi connectivity index (χ4n) is 1.10. The maximum atomic E-state index is 2.31. The van der Waals surface area contributed by atoms with Crippen molar-refractivity contribution in [2.75, 3.05) is 0 Å². The summed E-state index contributed by atoms with van der Waals surface area (Å²) in [6.45, 7) is 0. The molecule has 0 aromatic carbocycles. The van der Waals surface area contributed by atoms with Crippen molar-refractivity contribution in [1.29, 1.82) is 0 Å². The van der Waals surface area contributed by atoms with Crippen LogP contribution >= 0.6 is 8.20 Å². The monoisotopic (exact) mass is 150 g/mol. The van der Waals surface area contributed by atoms with E-state index in [0.717, 1.165) is 0 Å². The van der Waals surface area contributed by atoms with Crippen molar-refractivity contribution in [1.82, 2.24) is 0 Å².